The Kier molecular flexibility index (Phi) is 35.3. The normalized spacial score (nSPS) is 18.8. The molecular formula is C50H94NO11P. The summed E-state index contributed by atoms with van der Waals surface area (Å²) in [5, 5.41) is 20.8. The fraction of sp³-hybridized carbons (Fsp3) is 0.900. The number of carbonyl (C=O) groups is 3. The van der Waals surface area contributed by atoms with Crippen LogP contribution in [0.15, 0.2) is 12.2 Å². The van der Waals surface area contributed by atoms with Gasteiger partial charge in [-0.2, -0.15) is 0 Å². The fourth-order valence-electron chi connectivity index (χ4n) is 8.14. The van der Waals surface area contributed by atoms with E-state index in [1.54, 1.807) is 6.08 Å². The number of ketones is 1. The van der Waals surface area contributed by atoms with Crippen LogP contribution in [0.4, 0.5) is 0 Å². The van der Waals surface area contributed by atoms with Crippen LogP contribution in [0, 0.1) is 11.8 Å². The third kappa shape index (κ3) is 34.3. The first-order valence-electron chi connectivity index (χ1n) is 25.5. The predicted octanol–water partition coefficient (Wildman–Crippen LogP) is 10.9. The van der Waals surface area contributed by atoms with Gasteiger partial charge in [0, 0.05) is 31.1 Å². The van der Waals surface area contributed by atoms with Crippen LogP contribution in [0.25, 0.3) is 0 Å². The number of quaternary nitrogens is 1. The van der Waals surface area contributed by atoms with E-state index in [1.165, 1.54) is 96.3 Å². The van der Waals surface area contributed by atoms with Crippen molar-refractivity contribution in [3.63, 3.8) is 0 Å². The molecule has 6 atom stereocenters. The molecule has 0 radical (unpaired) electrons. The maximum atomic E-state index is 12.8. The second-order valence-electron chi connectivity index (χ2n) is 19.3. The molecule has 0 spiro atoms. The number of hydrogen-bond acceptors (Lipinski definition) is 11. The molecule has 0 aliphatic heterocycles. The zero-order valence-electron chi connectivity index (χ0n) is 40.8. The SMILES string of the molecule is CCCCCCCCCCCCCCCCCCCCCC(=O)OC[C@H](COP(=O)([O-])OCC[N+](C)(C)C)OC(=O)CCCCCC[C@H]1C(=O)C[C@@H](O)[C@@H]1/C=C/[C@@H](O)CCCCC. The highest BCUT2D eigenvalue weighted by atomic mass is 31.2. The number of phosphoric acid groups is 1. The molecule has 13 heteroatoms. The molecule has 1 aliphatic rings. The van der Waals surface area contributed by atoms with Gasteiger partial charge in [0.1, 0.15) is 25.5 Å². The number of carbonyl (C=O) groups excluding carboxylic acids is 3. The van der Waals surface area contributed by atoms with Crippen molar-refractivity contribution in [2.75, 3.05) is 47.5 Å². The molecule has 2 N–H and O–H groups in total. The second kappa shape index (κ2) is 37.4. The van der Waals surface area contributed by atoms with E-state index in [0.717, 1.165) is 51.4 Å². The molecule has 0 heterocycles. The number of phosphoric ester groups is 1. The number of likely N-dealkylation sites (N-methyl/N-ethyl adjacent to an activating group) is 1. The Morgan fingerprint density at radius 2 is 1.19 bits per heavy atom. The summed E-state index contributed by atoms with van der Waals surface area (Å²) in [6.45, 7) is 3.89. The van der Waals surface area contributed by atoms with E-state index in [9.17, 15) is 34.1 Å². The number of rotatable bonds is 43. The number of unbranched alkanes of at least 4 members (excludes halogenated alkanes) is 23. The van der Waals surface area contributed by atoms with Crippen LogP contribution < -0.4 is 4.89 Å². The van der Waals surface area contributed by atoms with Gasteiger partial charge >= 0.3 is 11.9 Å². The maximum absolute atomic E-state index is 12.8. The summed E-state index contributed by atoms with van der Waals surface area (Å²) in [5.41, 5.74) is 0. The summed E-state index contributed by atoms with van der Waals surface area (Å²) in [5.74, 6) is -1.53. The topological polar surface area (TPSA) is 169 Å². The third-order valence-electron chi connectivity index (χ3n) is 12.2. The monoisotopic (exact) mass is 916 g/mol. The van der Waals surface area contributed by atoms with Gasteiger partial charge in [0.2, 0.25) is 0 Å². The molecule has 1 aliphatic carbocycles. The minimum atomic E-state index is -4.69. The van der Waals surface area contributed by atoms with Gasteiger partial charge < -0.3 is 38.1 Å². The van der Waals surface area contributed by atoms with Gasteiger partial charge in [-0.1, -0.05) is 180 Å². The average molecular weight is 916 g/mol. The molecule has 0 aromatic heterocycles. The Balaban J connectivity index is 2.38. The molecule has 0 saturated heterocycles. The Labute approximate surface area is 384 Å². The van der Waals surface area contributed by atoms with E-state index in [1.807, 2.05) is 27.2 Å². The lowest BCUT2D eigenvalue weighted by Crippen LogP contribution is -2.37. The molecule has 1 saturated carbocycles. The van der Waals surface area contributed by atoms with E-state index in [-0.39, 0.29) is 50.1 Å². The van der Waals surface area contributed by atoms with Crippen LogP contribution in [0.1, 0.15) is 213 Å². The van der Waals surface area contributed by atoms with E-state index < -0.39 is 44.7 Å². The molecule has 0 aromatic rings. The van der Waals surface area contributed by atoms with Crippen LogP contribution in [0.5, 0.6) is 0 Å². The molecule has 0 aromatic carbocycles. The predicted molar refractivity (Wildman–Crippen MR) is 251 cm³/mol. The summed E-state index contributed by atoms with van der Waals surface area (Å²) in [7, 11) is 1.03. The van der Waals surface area contributed by atoms with E-state index in [0.29, 0.717) is 43.1 Å². The standard InChI is InChI=1S/C50H94NO11P/c1-6-8-10-11-12-13-14-15-16-17-18-19-20-21-22-23-24-25-30-34-49(55)59-41-44(42-61-63(57,58)60-39-38-51(3,4)5)62-50(56)35-31-27-26-29-33-45-46(48(54)40-47(45)53)37-36-43(52)32-28-9-7-2/h36-37,43-46,48,52,54H,6-35,38-42H2,1-5H3/b37-36+/t43-,44+,45+,46+,48+/m0/s1. The van der Waals surface area contributed by atoms with Gasteiger partial charge in [-0.25, -0.2) is 0 Å². The summed E-state index contributed by atoms with van der Waals surface area (Å²) in [6, 6.07) is 0. The first-order valence-corrected chi connectivity index (χ1v) is 27.0. The Morgan fingerprint density at radius 1 is 0.714 bits per heavy atom. The number of hydrogen-bond donors (Lipinski definition) is 2. The van der Waals surface area contributed by atoms with Gasteiger partial charge in [-0.3, -0.25) is 18.9 Å². The van der Waals surface area contributed by atoms with E-state index in [2.05, 4.69) is 13.8 Å². The van der Waals surface area contributed by atoms with Crippen molar-refractivity contribution in [3.8, 4) is 0 Å². The lowest BCUT2D eigenvalue weighted by molar-refractivity contribution is -0.870. The van der Waals surface area contributed by atoms with Crippen LogP contribution in [0.2, 0.25) is 0 Å². The lowest BCUT2D eigenvalue weighted by atomic mass is 9.88. The first kappa shape index (κ1) is 59.4. The molecule has 0 amide bonds. The average Bonchev–Trinajstić information content (AvgIpc) is 3.50. The molecule has 0 bridgehead atoms. The van der Waals surface area contributed by atoms with Crippen LogP contribution in [0.3, 0.4) is 0 Å². The van der Waals surface area contributed by atoms with E-state index in [4.69, 9.17) is 18.5 Å². The molecule has 63 heavy (non-hydrogen) atoms. The Morgan fingerprint density at radius 3 is 1.71 bits per heavy atom. The van der Waals surface area contributed by atoms with Gasteiger partial charge in [0.25, 0.3) is 7.82 Å². The summed E-state index contributed by atoms with van der Waals surface area (Å²) in [6.07, 6.45) is 32.8. The van der Waals surface area contributed by atoms with Crippen molar-refractivity contribution in [1.29, 1.82) is 0 Å². The molecule has 1 rings (SSSR count). The smallest absolute Gasteiger partial charge is 0.306 e. The number of nitrogens with zero attached hydrogens (tertiary/aromatic N) is 1. The molecule has 12 nitrogen and oxygen atoms in total. The number of aliphatic hydroxyl groups is 2. The Bertz CT molecular complexity index is 1240. The molecule has 370 valence electrons. The minimum absolute atomic E-state index is 0.0436. The van der Waals surface area contributed by atoms with Gasteiger partial charge in [-0.05, 0) is 25.7 Å². The van der Waals surface area contributed by atoms with Crippen molar-refractivity contribution in [2.24, 2.45) is 11.8 Å². The number of ether oxygens (including phenoxy) is 2. The highest BCUT2D eigenvalue weighted by Crippen LogP contribution is 2.38. The molecular weight excluding hydrogens is 822 g/mol. The van der Waals surface area contributed by atoms with Gasteiger partial charge in [-0.15, -0.1) is 0 Å². The minimum Gasteiger partial charge on any atom is -0.756 e. The first-order chi connectivity index (χ1) is 30.2. The van der Waals surface area contributed by atoms with Crippen molar-refractivity contribution in [3.05, 3.63) is 12.2 Å². The van der Waals surface area contributed by atoms with Crippen molar-refractivity contribution in [1.82, 2.24) is 0 Å². The molecule has 1 fully saturated rings. The van der Waals surface area contributed by atoms with Crippen LogP contribution >= 0.6 is 7.82 Å². The Hall–Kier alpha value is -1.66. The van der Waals surface area contributed by atoms with Crippen molar-refractivity contribution >= 4 is 25.5 Å². The van der Waals surface area contributed by atoms with E-state index >= 15 is 0 Å². The largest absolute Gasteiger partial charge is 0.756 e. The number of Topliss-reactive ketones (excluding diaryl/α,β-unsaturated/α-hetero) is 1. The van der Waals surface area contributed by atoms with Crippen LogP contribution in [-0.4, -0.2) is 98.2 Å². The van der Waals surface area contributed by atoms with Gasteiger partial charge in [0.15, 0.2) is 6.10 Å². The lowest BCUT2D eigenvalue weighted by Gasteiger charge is -2.28. The second-order valence-corrected chi connectivity index (χ2v) is 20.7. The van der Waals surface area contributed by atoms with Crippen molar-refractivity contribution < 1.29 is 57.1 Å². The fourth-order valence-corrected chi connectivity index (χ4v) is 8.87. The quantitative estimate of drug-likeness (QED) is 0.0196. The maximum Gasteiger partial charge on any atom is 0.306 e. The summed E-state index contributed by atoms with van der Waals surface area (Å²) in [4.78, 5) is 50.5. The number of aliphatic hydroxyl groups excluding tert-OH is 2. The highest BCUT2D eigenvalue weighted by Gasteiger charge is 2.39. The zero-order chi connectivity index (χ0) is 46.6. The summed E-state index contributed by atoms with van der Waals surface area (Å²) < 4.78 is 34.0. The third-order valence-corrected chi connectivity index (χ3v) is 13.1. The van der Waals surface area contributed by atoms with Crippen molar-refractivity contribution in [2.45, 2.75) is 231 Å². The van der Waals surface area contributed by atoms with Gasteiger partial charge in [0.05, 0.1) is 40.0 Å². The number of esters is 2. The highest BCUT2D eigenvalue weighted by molar-refractivity contribution is 7.45. The molecule has 1 unspecified atom stereocenters. The van der Waals surface area contributed by atoms with Crippen LogP contribution in [-0.2, 0) is 37.5 Å². The summed E-state index contributed by atoms with van der Waals surface area (Å²) >= 11 is 0. The zero-order valence-corrected chi connectivity index (χ0v) is 41.6.